The Bertz CT molecular complexity index is 1240. The summed E-state index contributed by atoms with van der Waals surface area (Å²) in [5.41, 5.74) is 3.06. The van der Waals surface area contributed by atoms with E-state index < -0.39 is 10.0 Å². The van der Waals surface area contributed by atoms with E-state index in [9.17, 15) is 13.2 Å². The molecule has 1 aliphatic rings. The summed E-state index contributed by atoms with van der Waals surface area (Å²) in [5, 5.41) is 2.52. The molecule has 0 unspecified atom stereocenters. The first-order valence-corrected chi connectivity index (χ1v) is 13.2. The van der Waals surface area contributed by atoms with Gasteiger partial charge in [-0.1, -0.05) is 17.7 Å². The third-order valence-corrected chi connectivity index (χ3v) is 8.56. The first-order valence-electron chi connectivity index (χ1n) is 10.8. The van der Waals surface area contributed by atoms with Crippen molar-refractivity contribution >= 4 is 27.3 Å². The van der Waals surface area contributed by atoms with Crippen LogP contribution in [0.4, 0.5) is 0 Å². The van der Waals surface area contributed by atoms with Gasteiger partial charge in [0.1, 0.15) is 16.5 Å². The molecule has 2 aromatic carbocycles. The zero-order chi connectivity index (χ0) is 23.6. The average Bonchev–Trinajstić information content (AvgIpc) is 3.29. The molecular weight excluding hydrogens is 458 g/mol. The van der Waals surface area contributed by atoms with Gasteiger partial charge in [0.15, 0.2) is 0 Å². The van der Waals surface area contributed by atoms with E-state index in [4.69, 9.17) is 4.74 Å². The predicted octanol–water partition coefficient (Wildman–Crippen LogP) is 3.97. The number of carbonyl (C=O) groups excluding carboxylic acids is 1. The minimum atomic E-state index is -3.59. The van der Waals surface area contributed by atoms with Crippen molar-refractivity contribution in [3.63, 3.8) is 0 Å². The summed E-state index contributed by atoms with van der Waals surface area (Å²) in [5.74, 6) is 0.620. The molecular formula is C24H27N3O4S2. The first kappa shape index (κ1) is 23.4. The zero-order valence-corrected chi connectivity index (χ0v) is 20.6. The number of amides is 1. The normalized spacial score (nSPS) is 14.9. The summed E-state index contributed by atoms with van der Waals surface area (Å²) >= 11 is 1.41. The molecule has 0 aliphatic carbocycles. The van der Waals surface area contributed by atoms with Crippen LogP contribution in [0.3, 0.4) is 0 Å². The number of thiazole rings is 1. The summed E-state index contributed by atoms with van der Waals surface area (Å²) in [4.78, 5) is 19.5. The van der Waals surface area contributed by atoms with Crippen LogP contribution in [0.15, 0.2) is 52.7 Å². The third-order valence-electron chi connectivity index (χ3n) is 5.61. The van der Waals surface area contributed by atoms with Gasteiger partial charge in [-0.3, -0.25) is 4.79 Å². The Balaban J connectivity index is 1.41. The van der Waals surface area contributed by atoms with Crippen LogP contribution in [0.25, 0.3) is 10.6 Å². The van der Waals surface area contributed by atoms with Crippen LogP contribution in [0.5, 0.6) is 5.75 Å². The third kappa shape index (κ3) is 4.95. The molecule has 4 rings (SSSR count). The molecule has 33 heavy (non-hydrogen) atoms. The van der Waals surface area contributed by atoms with E-state index in [0.29, 0.717) is 30.3 Å². The first-order chi connectivity index (χ1) is 15.8. The fourth-order valence-corrected chi connectivity index (χ4v) is 6.31. The van der Waals surface area contributed by atoms with E-state index in [2.05, 4.69) is 4.98 Å². The molecule has 9 heteroatoms. The second-order valence-corrected chi connectivity index (χ2v) is 10.7. The minimum Gasteiger partial charge on any atom is -0.494 e. The monoisotopic (exact) mass is 485 g/mol. The number of hydrogen-bond acceptors (Lipinski definition) is 6. The minimum absolute atomic E-state index is 0.174. The Labute approximate surface area is 198 Å². The number of ether oxygens (including phenoxy) is 1. The van der Waals surface area contributed by atoms with Crippen molar-refractivity contribution in [3.8, 4) is 16.3 Å². The average molecular weight is 486 g/mol. The maximum absolute atomic E-state index is 13.1. The van der Waals surface area contributed by atoms with Gasteiger partial charge in [0, 0.05) is 37.1 Å². The largest absolute Gasteiger partial charge is 0.494 e. The molecule has 0 saturated carbocycles. The topological polar surface area (TPSA) is 79.8 Å². The standard InChI is InChI=1S/C24H27N3O4S2/c1-4-31-20-8-6-19(7-9-20)23-25-21(16-32-23)24(28)26-11-13-27(14-12-26)33(29,30)22-10-5-17(2)15-18(22)3/h5-10,15-16H,4,11-14H2,1-3H3. The molecule has 1 fully saturated rings. The van der Waals surface area contributed by atoms with Gasteiger partial charge in [0.25, 0.3) is 5.91 Å². The van der Waals surface area contributed by atoms with Crippen molar-refractivity contribution in [2.75, 3.05) is 32.8 Å². The number of aromatic nitrogens is 1. The van der Waals surface area contributed by atoms with E-state index in [1.165, 1.54) is 15.6 Å². The van der Waals surface area contributed by atoms with Crippen molar-refractivity contribution in [1.29, 1.82) is 0 Å². The lowest BCUT2D eigenvalue weighted by Crippen LogP contribution is -2.50. The number of piperazine rings is 1. The van der Waals surface area contributed by atoms with Crippen molar-refractivity contribution in [1.82, 2.24) is 14.2 Å². The van der Waals surface area contributed by atoms with Crippen LogP contribution >= 0.6 is 11.3 Å². The molecule has 2 heterocycles. The van der Waals surface area contributed by atoms with Gasteiger partial charge in [-0.25, -0.2) is 13.4 Å². The van der Waals surface area contributed by atoms with Gasteiger partial charge in [0.2, 0.25) is 10.0 Å². The molecule has 0 N–H and O–H groups in total. The molecule has 0 radical (unpaired) electrons. The molecule has 0 bridgehead atoms. The summed E-state index contributed by atoms with van der Waals surface area (Å²) in [6.07, 6.45) is 0. The maximum Gasteiger partial charge on any atom is 0.273 e. The van der Waals surface area contributed by atoms with Crippen LogP contribution in [0.2, 0.25) is 0 Å². The highest BCUT2D eigenvalue weighted by atomic mass is 32.2. The Morgan fingerprint density at radius 1 is 1.06 bits per heavy atom. The number of hydrogen-bond donors (Lipinski definition) is 0. The second-order valence-electron chi connectivity index (χ2n) is 7.96. The van der Waals surface area contributed by atoms with E-state index in [1.807, 2.05) is 57.2 Å². The van der Waals surface area contributed by atoms with Gasteiger partial charge >= 0.3 is 0 Å². The molecule has 0 atom stereocenters. The van der Waals surface area contributed by atoms with E-state index in [1.54, 1.807) is 16.3 Å². The van der Waals surface area contributed by atoms with Crippen molar-refractivity contribution < 1.29 is 17.9 Å². The lowest BCUT2D eigenvalue weighted by Gasteiger charge is -2.34. The van der Waals surface area contributed by atoms with E-state index in [-0.39, 0.29) is 19.0 Å². The fraction of sp³-hybridized carbons (Fsp3) is 0.333. The van der Waals surface area contributed by atoms with E-state index in [0.717, 1.165) is 27.4 Å². The molecule has 1 saturated heterocycles. The molecule has 1 amide bonds. The maximum atomic E-state index is 13.1. The number of rotatable bonds is 6. The number of aryl methyl sites for hydroxylation is 2. The van der Waals surface area contributed by atoms with Gasteiger partial charge in [-0.2, -0.15) is 4.31 Å². The smallest absolute Gasteiger partial charge is 0.273 e. The lowest BCUT2D eigenvalue weighted by molar-refractivity contribution is 0.0693. The Kier molecular flexibility index (Phi) is 6.83. The van der Waals surface area contributed by atoms with Crippen LogP contribution in [0, 0.1) is 13.8 Å². The van der Waals surface area contributed by atoms with Crippen LogP contribution in [-0.4, -0.2) is 61.3 Å². The summed E-state index contributed by atoms with van der Waals surface area (Å²) in [6, 6.07) is 13.0. The highest BCUT2D eigenvalue weighted by Crippen LogP contribution is 2.27. The summed E-state index contributed by atoms with van der Waals surface area (Å²) in [7, 11) is -3.59. The highest BCUT2D eigenvalue weighted by molar-refractivity contribution is 7.89. The number of nitrogens with zero attached hydrogens (tertiary/aromatic N) is 3. The van der Waals surface area contributed by atoms with Crippen LogP contribution in [0.1, 0.15) is 28.5 Å². The molecule has 1 aliphatic heterocycles. The predicted molar refractivity (Wildman–Crippen MR) is 129 cm³/mol. The van der Waals surface area contributed by atoms with Gasteiger partial charge in [-0.05, 0) is 56.7 Å². The highest BCUT2D eigenvalue weighted by Gasteiger charge is 2.32. The molecule has 3 aromatic rings. The lowest BCUT2D eigenvalue weighted by atomic mass is 10.2. The molecule has 174 valence electrons. The van der Waals surface area contributed by atoms with Gasteiger partial charge in [-0.15, -0.1) is 11.3 Å². The number of carbonyl (C=O) groups is 1. The zero-order valence-electron chi connectivity index (χ0n) is 18.9. The summed E-state index contributed by atoms with van der Waals surface area (Å²) < 4.78 is 33.1. The van der Waals surface area contributed by atoms with E-state index >= 15 is 0 Å². The quantitative estimate of drug-likeness (QED) is 0.528. The SMILES string of the molecule is CCOc1ccc(-c2nc(C(=O)N3CCN(S(=O)(=O)c4ccc(C)cc4C)CC3)cs2)cc1. The molecule has 7 nitrogen and oxygen atoms in total. The Morgan fingerprint density at radius 3 is 2.39 bits per heavy atom. The van der Waals surface area contributed by atoms with Crippen LogP contribution < -0.4 is 4.74 Å². The number of sulfonamides is 1. The number of benzene rings is 2. The molecule has 1 aromatic heterocycles. The van der Waals surface area contributed by atoms with Crippen LogP contribution in [-0.2, 0) is 10.0 Å². The van der Waals surface area contributed by atoms with Gasteiger partial charge in [0.05, 0.1) is 11.5 Å². The Hall–Kier alpha value is -2.75. The fourth-order valence-electron chi connectivity index (χ4n) is 3.89. The second kappa shape index (κ2) is 9.62. The van der Waals surface area contributed by atoms with Crippen molar-refractivity contribution in [2.45, 2.75) is 25.7 Å². The van der Waals surface area contributed by atoms with Crippen molar-refractivity contribution in [3.05, 3.63) is 64.7 Å². The Morgan fingerprint density at radius 2 is 1.76 bits per heavy atom. The van der Waals surface area contributed by atoms with Crippen molar-refractivity contribution in [2.24, 2.45) is 0 Å². The van der Waals surface area contributed by atoms with Gasteiger partial charge < -0.3 is 9.64 Å². The molecule has 0 spiro atoms. The summed E-state index contributed by atoms with van der Waals surface area (Å²) in [6.45, 7) is 7.48.